The molecular formula is C15H25N3O. The number of nitrogens with one attached hydrogen (secondary N) is 1. The summed E-state index contributed by atoms with van der Waals surface area (Å²) in [7, 11) is 1.69. The van der Waals surface area contributed by atoms with Crippen LogP contribution in [-0.4, -0.2) is 23.6 Å². The Labute approximate surface area is 116 Å². The van der Waals surface area contributed by atoms with Crippen molar-refractivity contribution in [2.45, 2.75) is 52.7 Å². The third-order valence-electron chi connectivity index (χ3n) is 3.86. The Morgan fingerprint density at radius 2 is 2.26 bits per heavy atom. The van der Waals surface area contributed by atoms with Gasteiger partial charge in [0.25, 0.3) is 0 Å². The Kier molecular flexibility index (Phi) is 4.21. The number of methoxy groups -OCH3 is 1. The van der Waals surface area contributed by atoms with Gasteiger partial charge in [0.05, 0.1) is 0 Å². The normalized spacial score (nSPS) is 22.9. The molecular weight excluding hydrogens is 238 g/mol. The van der Waals surface area contributed by atoms with Crippen molar-refractivity contribution in [3.63, 3.8) is 0 Å². The minimum Gasteiger partial charge on any atom is -0.374 e. The standard InChI is InChI=1S/C15H25N3O/c1-6-16-12-7-15(3,4)8-13-11(12)9-17-14(18-13)10(2)19-5/h9-10,12,16H,6-8H2,1-5H3. The molecule has 1 aromatic heterocycles. The third kappa shape index (κ3) is 3.12. The Balaban J connectivity index is 2.36. The summed E-state index contributed by atoms with van der Waals surface area (Å²) >= 11 is 0. The Morgan fingerprint density at radius 1 is 1.53 bits per heavy atom. The predicted octanol–water partition coefficient (Wildman–Crippen LogP) is 2.81. The number of fused-ring (bicyclic) bond motifs is 1. The summed E-state index contributed by atoms with van der Waals surface area (Å²) in [5.74, 6) is 0.786. The van der Waals surface area contributed by atoms with Gasteiger partial charge in [0.2, 0.25) is 0 Å². The van der Waals surface area contributed by atoms with E-state index in [1.807, 2.05) is 13.1 Å². The fraction of sp³-hybridized carbons (Fsp3) is 0.733. The first kappa shape index (κ1) is 14.4. The van der Waals surface area contributed by atoms with E-state index >= 15 is 0 Å². The highest BCUT2D eigenvalue weighted by Gasteiger charge is 2.33. The molecule has 0 saturated heterocycles. The molecule has 1 aliphatic rings. The van der Waals surface area contributed by atoms with Gasteiger partial charge in [0.15, 0.2) is 5.82 Å². The molecule has 2 atom stereocenters. The molecule has 0 bridgehead atoms. The van der Waals surface area contributed by atoms with Crippen LogP contribution in [0.4, 0.5) is 0 Å². The number of aromatic nitrogens is 2. The highest BCUT2D eigenvalue weighted by atomic mass is 16.5. The minimum atomic E-state index is -0.0482. The van der Waals surface area contributed by atoms with E-state index < -0.39 is 0 Å². The van der Waals surface area contributed by atoms with Gasteiger partial charge in [0.1, 0.15) is 6.10 Å². The zero-order valence-corrected chi connectivity index (χ0v) is 12.7. The molecule has 0 fully saturated rings. The summed E-state index contributed by atoms with van der Waals surface area (Å²) in [4.78, 5) is 9.20. The number of nitrogens with zero attached hydrogens (tertiary/aromatic N) is 2. The van der Waals surface area contributed by atoms with Crippen LogP contribution in [0, 0.1) is 5.41 Å². The summed E-state index contributed by atoms with van der Waals surface area (Å²) < 4.78 is 5.31. The monoisotopic (exact) mass is 263 g/mol. The van der Waals surface area contributed by atoms with Gasteiger partial charge in [-0.2, -0.15) is 0 Å². The predicted molar refractivity (Wildman–Crippen MR) is 76.0 cm³/mol. The number of hydrogen-bond acceptors (Lipinski definition) is 4. The van der Waals surface area contributed by atoms with Gasteiger partial charge in [0, 0.05) is 30.6 Å². The quantitative estimate of drug-likeness (QED) is 0.907. The molecule has 0 radical (unpaired) electrons. The minimum absolute atomic E-state index is 0.0482. The van der Waals surface area contributed by atoms with Gasteiger partial charge in [-0.15, -0.1) is 0 Å². The first-order valence-electron chi connectivity index (χ1n) is 7.08. The molecule has 2 rings (SSSR count). The van der Waals surface area contributed by atoms with Crippen molar-refractivity contribution in [3.05, 3.63) is 23.3 Å². The molecule has 0 saturated carbocycles. The van der Waals surface area contributed by atoms with Crippen LogP contribution < -0.4 is 5.32 Å². The summed E-state index contributed by atoms with van der Waals surface area (Å²) in [5, 5.41) is 3.55. The van der Waals surface area contributed by atoms with Crippen molar-refractivity contribution in [3.8, 4) is 0 Å². The van der Waals surface area contributed by atoms with Crippen molar-refractivity contribution >= 4 is 0 Å². The lowest BCUT2D eigenvalue weighted by Crippen LogP contribution is -2.34. The van der Waals surface area contributed by atoms with Crippen molar-refractivity contribution in [1.29, 1.82) is 0 Å². The number of hydrogen-bond donors (Lipinski definition) is 1. The Hall–Kier alpha value is -1.00. The maximum absolute atomic E-state index is 5.31. The molecule has 0 amide bonds. The molecule has 106 valence electrons. The first-order chi connectivity index (χ1) is 8.96. The van der Waals surface area contributed by atoms with Crippen LogP contribution in [0.25, 0.3) is 0 Å². The van der Waals surface area contributed by atoms with Gasteiger partial charge in [-0.3, -0.25) is 0 Å². The van der Waals surface area contributed by atoms with E-state index in [1.54, 1.807) is 7.11 Å². The molecule has 0 aliphatic heterocycles. The van der Waals surface area contributed by atoms with Crippen LogP contribution in [0.5, 0.6) is 0 Å². The third-order valence-corrected chi connectivity index (χ3v) is 3.86. The maximum Gasteiger partial charge on any atom is 0.157 e. The van der Waals surface area contributed by atoms with Crippen molar-refractivity contribution in [2.24, 2.45) is 5.41 Å². The average Bonchev–Trinajstić information content (AvgIpc) is 2.36. The fourth-order valence-electron chi connectivity index (χ4n) is 2.79. The number of rotatable bonds is 4. The van der Waals surface area contributed by atoms with E-state index in [4.69, 9.17) is 9.72 Å². The van der Waals surface area contributed by atoms with E-state index in [-0.39, 0.29) is 11.5 Å². The highest BCUT2D eigenvalue weighted by Crippen LogP contribution is 2.39. The van der Waals surface area contributed by atoms with Crippen molar-refractivity contribution in [2.75, 3.05) is 13.7 Å². The molecule has 1 heterocycles. The Bertz CT molecular complexity index is 445. The molecule has 1 aliphatic carbocycles. The van der Waals surface area contributed by atoms with Crippen LogP contribution in [0.15, 0.2) is 6.20 Å². The van der Waals surface area contributed by atoms with Crippen LogP contribution in [0.2, 0.25) is 0 Å². The van der Waals surface area contributed by atoms with Crippen LogP contribution in [-0.2, 0) is 11.2 Å². The summed E-state index contributed by atoms with van der Waals surface area (Å²) in [6.45, 7) is 9.71. The van der Waals surface area contributed by atoms with Gasteiger partial charge >= 0.3 is 0 Å². The second kappa shape index (κ2) is 5.55. The Morgan fingerprint density at radius 3 is 2.89 bits per heavy atom. The van der Waals surface area contributed by atoms with E-state index in [2.05, 4.69) is 31.1 Å². The summed E-state index contributed by atoms with van der Waals surface area (Å²) in [6, 6.07) is 0.371. The van der Waals surface area contributed by atoms with Gasteiger partial charge in [-0.25, -0.2) is 9.97 Å². The van der Waals surface area contributed by atoms with Crippen LogP contribution in [0.1, 0.15) is 63.3 Å². The largest absolute Gasteiger partial charge is 0.374 e. The number of ether oxygens (including phenoxy) is 1. The molecule has 19 heavy (non-hydrogen) atoms. The molecule has 0 spiro atoms. The summed E-state index contributed by atoms with van der Waals surface area (Å²) in [5.41, 5.74) is 2.71. The average molecular weight is 263 g/mol. The molecule has 0 aromatic carbocycles. The zero-order chi connectivity index (χ0) is 14.0. The van der Waals surface area contributed by atoms with Crippen LogP contribution in [0.3, 0.4) is 0 Å². The summed E-state index contributed by atoms with van der Waals surface area (Å²) in [6.07, 6.45) is 4.08. The lowest BCUT2D eigenvalue weighted by Gasteiger charge is -2.36. The molecule has 4 heteroatoms. The van der Waals surface area contributed by atoms with Gasteiger partial charge in [-0.1, -0.05) is 20.8 Å². The lowest BCUT2D eigenvalue weighted by molar-refractivity contribution is 0.111. The van der Waals surface area contributed by atoms with E-state index in [0.29, 0.717) is 6.04 Å². The SMILES string of the molecule is CCNC1CC(C)(C)Cc2nc(C(C)OC)ncc21. The fourth-order valence-corrected chi connectivity index (χ4v) is 2.79. The molecule has 1 N–H and O–H groups in total. The van der Waals surface area contributed by atoms with Gasteiger partial charge < -0.3 is 10.1 Å². The molecule has 1 aromatic rings. The topological polar surface area (TPSA) is 47.0 Å². The van der Waals surface area contributed by atoms with Crippen molar-refractivity contribution < 1.29 is 4.74 Å². The smallest absolute Gasteiger partial charge is 0.157 e. The van der Waals surface area contributed by atoms with E-state index in [9.17, 15) is 0 Å². The van der Waals surface area contributed by atoms with E-state index in [0.717, 1.165) is 25.2 Å². The van der Waals surface area contributed by atoms with Crippen LogP contribution >= 0.6 is 0 Å². The highest BCUT2D eigenvalue weighted by molar-refractivity contribution is 5.27. The second-order valence-electron chi connectivity index (χ2n) is 6.16. The molecule has 2 unspecified atom stereocenters. The second-order valence-corrected chi connectivity index (χ2v) is 6.16. The first-order valence-corrected chi connectivity index (χ1v) is 7.08. The van der Waals surface area contributed by atoms with Gasteiger partial charge in [-0.05, 0) is 31.7 Å². The van der Waals surface area contributed by atoms with Crippen molar-refractivity contribution in [1.82, 2.24) is 15.3 Å². The molecule has 4 nitrogen and oxygen atoms in total. The lowest BCUT2D eigenvalue weighted by atomic mass is 9.74. The van der Waals surface area contributed by atoms with E-state index in [1.165, 1.54) is 11.3 Å². The maximum atomic E-state index is 5.31. The zero-order valence-electron chi connectivity index (χ0n) is 12.7.